The Morgan fingerprint density at radius 2 is 1.96 bits per heavy atom. The van der Waals surface area contributed by atoms with Gasteiger partial charge < -0.3 is 14.2 Å². The average molecular weight is 316 g/mol. The topological polar surface area (TPSA) is 53.5 Å². The number of nitrogens with zero attached hydrogens (tertiary/aromatic N) is 2. The Morgan fingerprint density at radius 3 is 2.83 bits per heavy atom. The highest BCUT2D eigenvalue weighted by Gasteiger charge is 2.23. The van der Waals surface area contributed by atoms with E-state index < -0.39 is 5.82 Å². The molecule has 1 aliphatic heterocycles. The average Bonchev–Trinajstić information content (AvgIpc) is 3.06. The first-order valence-corrected chi connectivity index (χ1v) is 7.88. The van der Waals surface area contributed by atoms with E-state index in [1.165, 1.54) is 25.5 Å². The van der Waals surface area contributed by atoms with Gasteiger partial charge in [0, 0.05) is 5.56 Å². The molecule has 1 aromatic carbocycles. The highest BCUT2D eigenvalue weighted by atomic mass is 19.1. The van der Waals surface area contributed by atoms with Crippen LogP contribution in [0.5, 0.6) is 17.4 Å². The zero-order chi connectivity index (χ0) is 15.6. The SMILES string of the molecule is Fc1c(-c2cncc(OC3CCCCC3)n2)ccc2c1OCO2. The van der Waals surface area contributed by atoms with E-state index in [9.17, 15) is 4.39 Å². The third-order valence-electron chi connectivity index (χ3n) is 4.21. The van der Waals surface area contributed by atoms with Crippen LogP contribution in [0.3, 0.4) is 0 Å². The van der Waals surface area contributed by atoms with Gasteiger partial charge >= 0.3 is 0 Å². The van der Waals surface area contributed by atoms with Crippen molar-refractivity contribution in [3.63, 3.8) is 0 Å². The molecular formula is C17H17FN2O3. The Balaban J connectivity index is 1.61. The van der Waals surface area contributed by atoms with Crippen molar-refractivity contribution in [2.45, 2.75) is 38.2 Å². The van der Waals surface area contributed by atoms with Crippen LogP contribution in [0.25, 0.3) is 11.3 Å². The van der Waals surface area contributed by atoms with Gasteiger partial charge in [-0.25, -0.2) is 9.37 Å². The second-order valence-electron chi connectivity index (χ2n) is 5.78. The van der Waals surface area contributed by atoms with Crippen molar-refractivity contribution in [1.82, 2.24) is 9.97 Å². The van der Waals surface area contributed by atoms with E-state index in [0.717, 1.165) is 12.8 Å². The van der Waals surface area contributed by atoms with Crippen LogP contribution in [-0.4, -0.2) is 22.9 Å². The molecule has 1 aromatic heterocycles. The number of halogens is 1. The van der Waals surface area contributed by atoms with Crippen molar-refractivity contribution in [3.05, 3.63) is 30.3 Å². The third-order valence-corrected chi connectivity index (χ3v) is 4.21. The zero-order valence-corrected chi connectivity index (χ0v) is 12.6. The molecule has 1 saturated carbocycles. The molecule has 120 valence electrons. The number of fused-ring (bicyclic) bond motifs is 1. The largest absolute Gasteiger partial charge is 0.473 e. The van der Waals surface area contributed by atoms with Gasteiger partial charge in [-0.05, 0) is 37.8 Å². The molecule has 1 fully saturated rings. The molecule has 2 aromatic rings. The lowest BCUT2D eigenvalue weighted by Gasteiger charge is -2.22. The van der Waals surface area contributed by atoms with Crippen LogP contribution in [0.2, 0.25) is 0 Å². The van der Waals surface area contributed by atoms with Crippen molar-refractivity contribution in [2.75, 3.05) is 6.79 Å². The molecule has 5 nitrogen and oxygen atoms in total. The molecule has 0 spiro atoms. The molecule has 2 heterocycles. The van der Waals surface area contributed by atoms with Gasteiger partial charge in [-0.1, -0.05) is 6.42 Å². The summed E-state index contributed by atoms with van der Waals surface area (Å²) >= 11 is 0. The van der Waals surface area contributed by atoms with E-state index in [0.29, 0.717) is 22.9 Å². The fourth-order valence-corrected chi connectivity index (χ4v) is 3.02. The fourth-order valence-electron chi connectivity index (χ4n) is 3.02. The summed E-state index contributed by atoms with van der Waals surface area (Å²) in [5.74, 6) is 0.493. The molecule has 4 rings (SSSR count). The summed E-state index contributed by atoms with van der Waals surface area (Å²) in [6, 6.07) is 3.30. The lowest BCUT2D eigenvalue weighted by Crippen LogP contribution is -2.20. The summed E-state index contributed by atoms with van der Waals surface area (Å²) in [7, 11) is 0. The van der Waals surface area contributed by atoms with Crippen LogP contribution in [0.15, 0.2) is 24.5 Å². The highest BCUT2D eigenvalue weighted by Crippen LogP contribution is 2.39. The second kappa shape index (κ2) is 6.02. The predicted molar refractivity (Wildman–Crippen MR) is 81.1 cm³/mol. The number of hydrogen-bond acceptors (Lipinski definition) is 5. The number of rotatable bonds is 3. The zero-order valence-electron chi connectivity index (χ0n) is 12.6. The lowest BCUT2D eigenvalue weighted by atomic mass is 9.98. The highest BCUT2D eigenvalue weighted by molar-refractivity contribution is 5.65. The van der Waals surface area contributed by atoms with Crippen molar-refractivity contribution in [1.29, 1.82) is 0 Å². The Kier molecular flexibility index (Phi) is 3.73. The monoisotopic (exact) mass is 316 g/mol. The van der Waals surface area contributed by atoms with Gasteiger partial charge in [0.1, 0.15) is 6.10 Å². The summed E-state index contributed by atoms with van der Waals surface area (Å²) in [4.78, 5) is 8.54. The quantitative estimate of drug-likeness (QED) is 0.864. The summed E-state index contributed by atoms with van der Waals surface area (Å²) in [5.41, 5.74) is 0.755. The Hall–Kier alpha value is -2.37. The van der Waals surface area contributed by atoms with Crippen molar-refractivity contribution in [3.8, 4) is 28.6 Å². The molecule has 0 radical (unpaired) electrons. The normalized spacial score (nSPS) is 17.3. The number of ether oxygens (including phenoxy) is 3. The van der Waals surface area contributed by atoms with Crippen LogP contribution in [0, 0.1) is 5.82 Å². The van der Waals surface area contributed by atoms with E-state index in [1.54, 1.807) is 18.3 Å². The number of aromatic nitrogens is 2. The molecular weight excluding hydrogens is 299 g/mol. The van der Waals surface area contributed by atoms with Crippen LogP contribution in [0.1, 0.15) is 32.1 Å². The van der Waals surface area contributed by atoms with Gasteiger partial charge in [0.2, 0.25) is 18.4 Å². The second-order valence-corrected chi connectivity index (χ2v) is 5.78. The maximum absolute atomic E-state index is 14.5. The van der Waals surface area contributed by atoms with Gasteiger partial charge in [0.25, 0.3) is 0 Å². The first kappa shape index (κ1) is 14.2. The Bertz CT molecular complexity index is 717. The minimum atomic E-state index is -0.482. The van der Waals surface area contributed by atoms with Crippen LogP contribution in [-0.2, 0) is 0 Å². The molecule has 6 heteroatoms. The van der Waals surface area contributed by atoms with Gasteiger partial charge in [-0.3, -0.25) is 4.98 Å². The van der Waals surface area contributed by atoms with Crippen molar-refractivity contribution < 1.29 is 18.6 Å². The maximum Gasteiger partial charge on any atom is 0.233 e. The van der Waals surface area contributed by atoms with Gasteiger partial charge in [-0.2, -0.15) is 0 Å². The molecule has 0 saturated heterocycles. The van der Waals surface area contributed by atoms with E-state index in [1.807, 2.05) is 0 Å². The molecule has 0 unspecified atom stereocenters. The summed E-state index contributed by atoms with van der Waals surface area (Å²) < 4.78 is 30.8. The van der Waals surface area contributed by atoms with Crippen LogP contribution in [0.4, 0.5) is 4.39 Å². The Labute approximate surface area is 133 Å². The molecule has 0 atom stereocenters. The molecule has 23 heavy (non-hydrogen) atoms. The van der Waals surface area contributed by atoms with E-state index in [2.05, 4.69) is 9.97 Å². The molecule has 0 N–H and O–H groups in total. The summed E-state index contributed by atoms with van der Waals surface area (Å²) in [6.07, 6.45) is 8.94. The first-order valence-electron chi connectivity index (χ1n) is 7.88. The van der Waals surface area contributed by atoms with Crippen molar-refractivity contribution in [2.24, 2.45) is 0 Å². The minimum absolute atomic E-state index is 0.0339. The lowest BCUT2D eigenvalue weighted by molar-refractivity contribution is 0.148. The number of benzene rings is 1. The molecule has 1 aliphatic carbocycles. The molecule has 2 aliphatic rings. The van der Waals surface area contributed by atoms with E-state index in [4.69, 9.17) is 14.2 Å². The van der Waals surface area contributed by atoms with Crippen molar-refractivity contribution >= 4 is 0 Å². The standard InChI is InChI=1S/C17H17FN2O3/c18-16-12(6-7-14-17(16)22-10-21-14)13-8-19-9-15(20-13)23-11-4-2-1-3-5-11/h6-9,11H,1-5,10H2. The summed E-state index contributed by atoms with van der Waals surface area (Å²) in [5, 5.41) is 0. The van der Waals surface area contributed by atoms with E-state index >= 15 is 0 Å². The van der Waals surface area contributed by atoms with Crippen LogP contribution < -0.4 is 14.2 Å². The predicted octanol–water partition coefficient (Wildman–Crippen LogP) is 3.72. The Morgan fingerprint density at radius 1 is 1.09 bits per heavy atom. The first-order chi connectivity index (χ1) is 11.3. The van der Waals surface area contributed by atoms with Gasteiger partial charge in [-0.15, -0.1) is 0 Å². The fraction of sp³-hybridized carbons (Fsp3) is 0.412. The number of hydrogen-bond donors (Lipinski definition) is 0. The molecule has 0 bridgehead atoms. The molecule has 0 amide bonds. The van der Waals surface area contributed by atoms with Gasteiger partial charge in [0.15, 0.2) is 11.6 Å². The summed E-state index contributed by atoms with van der Waals surface area (Å²) in [6.45, 7) is 0.0339. The van der Waals surface area contributed by atoms with Gasteiger partial charge in [0.05, 0.1) is 18.1 Å². The van der Waals surface area contributed by atoms with E-state index in [-0.39, 0.29) is 18.6 Å². The smallest absolute Gasteiger partial charge is 0.233 e. The third kappa shape index (κ3) is 2.81. The van der Waals surface area contributed by atoms with Crippen LogP contribution >= 0.6 is 0 Å². The maximum atomic E-state index is 14.5. The minimum Gasteiger partial charge on any atom is -0.473 e.